The van der Waals surface area contributed by atoms with Crippen molar-refractivity contribution in [3.8, 4) is 6.07 Å². The number of rotatable bonds is 5. The van der Waals surface area contributed by atoms with Gasteiger partial charge in [0, 0.05) is 12.1 Å². The van der Waals surface area contributed by atoms with Crippen LogP contribution in [-0.4, -0.2) is 21.6 Å². The highest BCUT2D eigenvalue weighted by Gasteiger charge is 2.12. The smallest absolute Gasteiger partial charge is 0.230 e. The van der Waals surface area contributed by atoms with Crippen LogP contribution < -0.4 is 5.32 Å². The van der Waals surface area contributed by atoms with Gasteiger partial charge in [0.15, 0.2) is 0 Å². The van der Waals surface area contributed by atoms with Crippen LogP contribution >= 0.6 is 11.8 Å². The van der Waals surface area contributed by atoms with E-state index in [9.17, 15) is 9.18 Å². The maximum absolute atomic E-state index is 13.5. The molecule has 1 N–H and O–H groups in total. The van der Waals surface area contributed by atoms with Gasteiger partial charge in [-0.3, -0.25) is 4.79 Å². The lowest BCUT2D eigenvalue weighted by Crippen LogP contribution is -2.25. The lowest BCUT2D eigenvalue weighted by molar-refractivity contribution is -0.118. The molecule has 1 aromatic carbocycles. The van der Waals surface area contributed by atoms with E-state index >= 15 is 0 Å². The summed E-state index contributed by atoms with van der Waals surface area (Å²) in [5.41, 5.74) is 1.40. The molecule has 118 valence electrons. The summed E-state index contributed by atoms with van der Waals surface area (Å²) < 4.78 is 13.5. The molecule has 0 spiro atoms. The van der Waals surface area contributed by atoms with Crippen LogP contribution in [0.25, 0.3) is 0 Å². The summed E-state index contributed by atoms with van der Waals surface area (Å²) in [6.45, 7) is 3.59. The van der Waals surface area contributed by atoms with Crippen LogP contribution in [0.1, 0.15) is 22.6 Å². The number of carbonyl (C=O) groups is 1. The van der Waals surface area contributed by atoms with Crippen LogP contribution in [0.2, 0.25) is 0 Å². The van der Waals surface area contributed by atoms with Gasteiger partial charge in [0.05, 0.1) is 11.4 Å². The Labute approximate surface area is 138 Å². The van der Waals surface area contributed by atoms with Crippen molar-refractivity contribution in [1.29, 1.82) is 5.26 Å². The minimum Gasteiger partial charge on any atom is -0.351 e. The summed E-state index contributed by atoms with van der Waals surface area (Å²) in [4.78, 5) is 20.2. The van der Waals surface area contributed by atoms with Crippen LogP contribution in [0.3, 0.4) is 0 Å². The fourth-order valence-corrected chi connectivity index (χ4v) is 2.84. The van der Waals surface area contributed by atoms with Gasteiger partial charge >= 0.3 is 0 Å². The molecule has 7 heteroatoms. The molecule has 5 nitrogen and oxygen atoms in total. The second-order valence-corrected chi connectivity index (χ2v) is 5.77. The van der Waals surface area contributed by atoms with Gasteiger partial charge in [-0.15, -0.1) is 0 Å². The Kier molecular flexibility index (Phi) is 5.66. The summed E-state index contributed by atoms with van der Waals surface area (Å²) in [6.07, 6.45) is 0. The number of nitrogens with one attached hydrogen (secondary N) is 1. The largest absolute Gasteiger partial charge is 0.351 e. The number of hydrogen-bond acceptors (Lipinski definition) is 5. The molecule has 0 bridgehead atoms. The van der Waals surface area contributed by atoms with Gasteiger partial charge in [0.25, 0.3) is 0 Å². The zero-order chi connectivity index (χ0) is 16.8. The average molecular weight is 330 g/mol. The van der Waals surface area contributed by atoms with Crippen LogP contribution in [0, 0.1) is 31.0 Å². The van der Waals surface area contributed by atoms with E-state index in [4.69, 9.17) is 5.26 Å². The van der Waals surface area contributed by atoms with Crippen molar-refractivity contribution in [2.45, 2.75) is 25.4 Å². The highest BCUT2D eigenvalue weighted by Crippen LogP contribution is 2.21. The molecule has 0 aliphatic rings. The predicted octanol–water partition coefficient (Wildman–Crippen LogP) is 2.51. The first kappa shape index (κ1) is 16.9. The van der Waals surface area contributed by atoms with E-state index in [0.717, 1.165) is 0 Å². The van der Waals surface area contributed by atoms with E-state index in [-0.39, 0.29) is 24.0 Å². The minimum atomic E-state index is -0.353. The molecule has 0 saturated heterocycles. The average Bonchev–Trinajstić information content (AvgIpc) is 2.51. The molecule has 1 aromatic heterocycles. The van der Waals surface area contributed by atoms with Crippen molar-refractivity contribution >= 4 is 17.7 Å². The first-order valence-corrected chi connectivity index (χ1v) is 7.88. The van der Waals surface area contributed by atoms with Crippen LogP contribution in [0.15, 0.2) is 29.3 Å². The maximum Gasteiger partial charge on any atom is 0.230 e. The molecule has 2 rings (SSSR count). The number of thioether (sulfide) groups is 1. The Bertz CT molecular complexity index is 773. The third kappa shape index (κ3) is 4.50. The van der Waals surface area contributed by atoms with Gasteiger partial charge in [0.2, 0.25) is 5.91 Å². The number of hydrogen-bond donors (Lipinski definition) is 1. The number of benzene rings is 1. The maximum atomic E-state index is 13.5. The molecule has 0 aliphatic carbocycles. The third-order valence-electron chi connectivity index (χ3n) is 3.05. The number of halogens is 1. The molecule has 23 heavy (non-hydrogen) atoms. The van der Waals surface area contributed by atoms with Crippen molar-refractivity contribution in [1.82, 2.24) is 15.3 Å². The second kappa shape index (κ2) is 7.70. The lowest BCUT2D eigenvalue weighted by atomic mass is 10.2. The zero-order valence-electron chi connectivity index (χ0n) is 12.8. The summed E-state index contributed by atoms with van der Waals surface area (Å²) in [6, 6.07) is 8.33. The first-order chi connectivity index (χ1) is 11.0. The molecule has 0 saturated carbocycles. The normalized spacial score (nSPS) is 10.2. The molecule has 0 radical (unpaired) electrons. The quantitative estimate of drug-likeness (QED) is 0.673. The van der Waals surface area contributed by atoms with Crippen molar-refractivity contribution in [3.63, 3.8) is 0 Å². The highest BCUT2D eigenvalue weighted by atomic mass is 32.2. The monoisotopic (exact) mass is 330 g/mol. The van der Waals surface area contributed by atoms with Crippen molar-refractivity contribution in [2.24, 2.45) is 0 Å². The van der Waals surface area contributed by atoms with E-state index in [0.29, 0.717) is 27.7 Å². The molecule has 1 amide bonds. The Balaban J connectivity index is 1.95. The summed E-state index contributed by atoms with van der Waals surface area (Å²) in [7, 11) is 0. The van der Waals surface area contributed by atoms with Gasteiger partial charge in [-0.1, -0.05) is 30.0 Å². The molecular weight excluding hydrogens is 315 g/mol. The van der Waals surface area contributed by atoms with E-state index < -0.39 is 0 Å². The number of aryl methyl sites for hydroxylation is 2. The number of nitriles is 1. The topological polar surface area (TPSA) is 78.7 Å². The highest BCUT2D eigenvalue weighted by molar-refractivity contribution is 8.00. The minimum absolute atomic E-state index is 0.0963. The Hall–Kier alpha value is -2.46. The first-order valence-electron chi connectivity index (χ1n) is 6.89. The van der Waals surface area contributed by atoms with E-state index in [1.807, 2.05) is 0 Å². The van der Waals surface area contributed by atoms with Gasteiger partial charge in [-0.05, 0) is 19.9 Å². The van der Waals surface area contributed by atoms with Crippen LogP contribution in [0.5, 0.6) is 0 Å². The molecular formula is C16H15FN4OS. The van der Waals surface area contributed by atoms with E-state index in [1.54, 1.807) is 32.0 Å². The fraction of sp³-hybridized carbons (Fsp3) is 0.250. The van der Waals surface area contributed by atoms with Gasteiger partial charge in [-0.25, -0.2) is 14.4 Å². The second-order valence-electron chi connectivity index (χ2n) is 4.81. The van der Waals surface area contributed by atoms with E-state index in [2.05, 4.69) is 21.4 Å². The van der Waals surface area contributed by atoms with Crippen molar-refractivity contribution in [2.75, 3.05) is 5.75 Å². The fourth-order valence-electron chi connectivity index (χ4n) is 1.93. The van der Waals surface area contributed by atoms with Crippen LogP contribution in [-0.2, 0) is 11.3 Å². The Morgan fingerprint density at radius 2 is 2.09 bits per heavy atom. The predicted molar refractivity (Wildman–Crippen MR) is 85.2 cm³/mol. The van der Waals surface area contributed by atoms with Gasteiger partial charge < -0.3 is 5.32 Å². The van der Waals surface area contributed by atoms with Crippen LogP contribution in [0.4, 0.5) is 4.39 Å². The molecule has 0 unspecified atom stereocenters. The number of carbonyl (C=O) groups excluding carboxylic acids is 1. The zero-order valence-corrected chi connectivity index (χ0v) is 13.6. The van der Waals surface area contributed by atoms with Gasteiger partial charge in [-0.2, -0.15) is 5.26 Å². The molecule has 0 aliphatic heterocycles. The molecule has 0 atom stereocenters. The van der Waals surface area contributed by atoms with Gasteiger partial charge in [0.1, 0.15) is 28.3 Å². The molecule has 0 fully saturated rings. The third-order valence-corrected chi connectivity index (χ3v) is 4.03. The SMILES string of the molecule is Cc1nc(C)c(C#N)c(SCC(=O)NCc2ccccc2F)n1. The standard InChI is InChI=1S/C16H15FN4OS/c1-10-13(7-18)16(21-11(2)20-10)23-9-15(22)19-8-12-5-3-4-6-14(12)17/h3-6H,8-9H2,1-2H3,(H,19,22). The Morgan fingerprint density at radius 1 is 1.35 bits per heavy atom. The number of aromatic nitrogens is 2. The number of nitrogens with zero attached hydrogens (tertiary/aromatic N) is 3. The van der Waals surface area contributed by atoms with Crippen molar-refractivity contribution < 1.29 is 9.18 Å². The van der Waals surface area contributed by atoms with Crippen molar-refractivity contribution in [3.05, 3.63) is 52.7 Å². The molecule has 2 aromatic rings. The summed E-state index contributed by atoms with van der Waals surface area (Å²) in [5.74, 6) is 0.0417. The lowest BCUT2D eigenvalue weighted by Gasteiger charge is -2.08. The van der Waals surface area contributed by atoms with E-state index in [1.165, 1.54) is 17.8 Å². The molecule has 1 heterocycles. The summed E-state index contributed by atoms with van der Waals surface area (Å²) >= 11 is 1.17. The number of amides is 1. The summed E-state index contributed by atoms with van der Waals surface area (Å²) in [5, 5.41) is 12.3. The Morgan fingerprint density at radius 3 is 2.78 bits per heavy atom.